The smallest absolute Gasteiger partial charge is 0.251 e. The minimum atomic E-state index is -0.243. The predicted molar refractivity (Wildman–Crippen MR) is 101 cm³/mol. The van der Waals surface area contributed by atoms with Crippen molar-refractivity contribution in [1.82, 2.24) is 5.32 Å². The molecule has 7 heteroatoms. The van der Waals surface area contributed by atoms with Gasteiger partial charge in [-0.3, -0.25) is 19.3 Å². The summed E-state index contributed by atoms with van der Waals surface area (Å²) in [6, 6.07) is 11.8. The summed E-state index contributed by atoms with van der Waals surface area (Å²) in [6.07, 6.45) is 0.461. The zero-order valence-corrected chi connectivity index (χ0v) is 15.4. The molecule has 0 aromatic heterocycles. The molecule has 0 spiro atoms. The van der Waals surface area contributed by atoms with E-state index < -0.39 is 0 Å². The van der Waals surface area contributed by atoms with Gasteiger partial charge in [0.15, 0.2) is 11.5 Å². The van der Waals surface area contributed by atoms with Gasteiger partial charge in [-0.2, -0.15) is 0 Å². The molecule has 2 aromatic carbocycles. The first-order valence-electron chi connectivity index (χ1n) is 9.19. The Morgan fingerprint density at radius 3 is 2.29 bits per heavy atom. The van der Waals surface area contributed by atoms with Crippen LogP contribution in [0.1, 0.15) is 41.7 Å². The largest absolute Gasteiger partial charge is 0.486 e. The van der Waals surface area contributed by atoms with Gasteiger partial charge in [0.1, 0.15) is 13.2 Å². The summed E-state index contributed by atoms with van der Waals surface area (Å²) in [7, 11) is 0. The van der Waals surface area contributed by atoms with Gasteiger partial charge in [-0.05, 0) is 48.9 Å². The molecule has 1 fully saturated rings. The Morgan fingerprint density at radius 1 is 0.964 bits per heavy atom. The maximum atomic E-state index is 12.6. The molecule has 2 aliphatic rings. The van der Waals surface area contributed by atoms with Crippen molar-refractivity contribution in [1.29, 1.82) is 0 Å². The van der Waals surface area contributed by atoms with E-state index in [9.17, 15) is 14.4 Å². The van der Waals surface area contributed by atoms with Crippen LogP contribution < -0.4 is 19.7 Å². The normalized spacial score (nSPS) is 16.8. The molecular weight excluding hydrogens is 360 g/mol. The number of nitrogens with one attached hydrogen (secondary N) is 1. The number of rotatable bonds is 4. The number of nitrogens with zero attached hydrogens (tertiary/aromatic N) is 1. The zero-order valence-electron chi connectivity index (χ0n) is 15.4. The molecule has 1 N–H and O–H groups in total. The van der Waals surface area contributed by atoms with Gasteiger partial charge in [-0.25, -0.2) is 0 Å². The van der Waals surface area contributed by atoms with Gasteiger partial charge >= 0.3 is 0 Å². The van der Waals surface area contributed by atoms with Crippen LogP contribution in [0.3, 0.4) is 0 Å². The molecule has 1 atom stereocenters. The van der Waals surface area contributed by atoms with Crippen molar-refractivity contribution >= 4 is 23.4 Å². The molecule has 2 heterocycles. The Morgan fingerprint density at radius 2 is 1.61 bits per heavy atom. The third-order valence-corrected chi connectivity index (χ3v) is 4.85. The number of fused-ring (bicyclic) bond motifs is 1. The number of hydrogen-bond donors (Lipinski definition) is 1. The molecule has 7 nitrogen and oxygen atoms in total. The van der Waals surface area contributed by atoms with Gasteiger partial charge < -0.3 is 14.8 Å². The van der Waals surface area contributed by atoms with E-state index in [1.807, 2.05) is 25.1 Å². The fourth-order valence-corrected chi connectivity index (χ4v) is 3.32. The number of amides is 3. The third-order valence-electron chi connectivity index (χ3n) is 4.85. The second-order valence-corrected chi connectivity index (χ2v) is 6.77. The summed E-state index contributed by atoms with van der Waals surface area (Å²) in [5.74, 6) is 0.709. The topological polar surface area (TPSA) is 84.9 Å². The fraction of sp³-hybridized carbons (Fsp3) is 0.286. The Labute approximate surface area is 162 Å². The number of imide groups is 1. The van der Waals surface area contributed by atoms with Crippen LogP contribution in [-0.2, 0) is 9.59 Å². The monoisotopic (exact) mass is 380 g/mol. The van der Waals surface area contributed by atoms with Crippen LogP contribution in [0.2, 0.25) is 0 Å². The van der Waals surface area contributed by atoms with E-state index in [1.54, 1.807) is 24.3 Å². The molecule has 2 aliphatic heterocycles. The van der Waals surface area contributed by atoms with Crippen molar-refractivity contribution in [2.24, 2.45) is 0 Å². The summed E-state index contributed by atoms with van der Waals surface area (Å²) >= 11 is 0. The van der Waals surface area contributed by atoms with Crippen LogP contribution in [0.25, 0.3) is 0 Å². The number of ether oxygens (including phenoxy) is 2. The molecular formula is C21H20N2O5. The SMILES string of the molecule is C[C@H](NC(=O)c1ccc(N2C(=O)CCC2=O)cc1)c1ccc2c(c1)OCCO2. The van der Waals surface area contributed by atoms with Crippen LogP contribution in [0.4, 0.5) is 5.69 Å². The Balaban J connectivity index is 1.44. The van der Waals surface area contributed by atoms with Gasteiger partial charge in [0.2, 0.25) is 11.8 Å². The number of carbonyl (C=O) groups excluding carboxylic acids is 3. The minimum absolute atomic E-state index is 0.213. The van der Waals surface area contributed by atoms with E-state index in [1.165, 1.54) is 4.90 Å². The number of hydrogen-bond acceptors (Lipinski definition) is 5. The van der Waals surface area contributed by atoms with E-state index in [0.717, 1.165) is 5.56 Å². The standard InChI is InChI=1S/C21H20N2O5/c1-13(15-4-7-17-18(12-15)28-11-10-27-17)22-21(26)14-2-5-16(6-3-14)23-19(24)8-9-20(23)25/h2-7,12-13H,8-11H2,1H3,(H,22,26)/t13-/m0/s1. The fourth-order valence-electron chi connectivity index (χ4n) is 3.32. The van der Waals surface area contributed by atoms with E-state index in [-0.39, 0.29) is 36.6 Å². The number of benzene rings is 2. The van der Waals surface area contributed by atoms with Crippen LogP contribution in [-0.4, -0.2) is 30.9 Å². The maximum Gasteiger partial charge on any atom is 0.251 e. The Hall–Kier alpha value is -3.35. The van der Waals surface area contributed by atoms with Gasteiger partial charge in [-0.1, -0.05) is 6.07 Å². The average Bonchev–Trinajstić information content (AvgIpc) is 3.05. The van der Waals surface area contributed by atoms with Crippen molar-refractivity contribution in [2.45, 2.75) is 25.8 Å². The molecule has 0 unspecified atom stereocenters. The third kappa shape index (κ3) is 3.43. The van der Waals surface area contributed by atoms with E-state index >= 15 is 0 Å². The summed E-state index contributed by atoms with van der Waals surface area (Å²) in [5, 5.41) is 2.94. The lowest BCUT2D eigenvalue weighted by Crippen LogP contribution is -2.29. The first-order chi connectivity index (χ1) is 13.5. The highest BCUT2D eigenvalue weighted by molar-refractivity contribution is 6.19. The van der Waals surface area contributed by atoms with Crippen LogP contribution in [0, 0.1) is 0 Å². The minimum Gasteiger partial charge on any atom is -0.486 e. The quantitative estimate of drug-likeness (QED) is 0.824. The molecule has 0 aliphatic carbocycles. The molecule has 1 saturated heterocycles. The van der Waals surface area contributed by atoms with Crippen molar-refractivity contribution in [3.63, 3.8) is 0 Å². The molecule has 0 radical (unpaired) electrons. The highest BCUT2D eigenvalue weighted by atomic mass is 16.6. The first-order valence-corrected chi connectivity index (χ1v) is 9.19. The van der Waals surface area contributed by atoms with E-state index in [2.05, 4.69) is 5.32 Å². The summed E-state index contributed by atoms with van der Waals surface area (Å²) < 4.78 is 11.1. The van der Waals surface area contributed by atoms with E-state index in [0.29, 0.717) is 36.0 Å². The van der Waals surface area contributed by atoms with Crippen molar-refractivity contribution in [2.75, 3.05) is 18.1 Å². The molecule has 0 bridgehead atoms. The molecule has 2 aromatic rings. The maximum absolute atomic E-state index is 12.6. The zero-order chi connectivity index (χ0) is 19.7. The second-order valence-electron chi connectivity index (χ2n) is 6.77. The van der Waals surface area contributed by atoms with Gasteiger partial charge in [-0.15, -0.1) is 0 Å². The van der Waals surface area contributed by atoms with Crippen LogP contribution >= 0.6 is 0 Å². The van der Waals surface area contributed by atoms with Gasteiger partial charge in [0, 0.05) is 18.4 Å². The van der Waals surface area contributed by atoms with Crippen LogP contribution in [0.15, 0.2) is 42.5 Å². The first kappa shape index (κ1) is 18.0. The van der Waals surface area contributed by atoms with Crippen LogP contribution in [0.5, 0.6) is 11.5 Å². The molecule has 4 rings (SSSR count). The highest BCUT2D eigenvalue weighted by Gasteiger charge is 2.30. The lowest BCUT2D eigenvalue weighted by Gasteiger charge is -2.21. The lowest BCUT2D eigenvalue weighted by atomic mass is 10.1. The summed E-state index contributed by atoms with van der Waals surface area (Å²) in [4.78, 5) is 37.4. The number of anilines is 1. The van der Waals surface area contributed by atoms with Crippen molar-refractivity contribution in [3.05, 3.63) is 53.6 Å². The molecule has 28 heavy (non-hydrogen) atoms. The highest BCUT2D eigenvalue weighted by Crippen LogP contribution is 2.32. The molecule has 0 saturated carbocycles. The molecule has 3 amide bonds. The van der Waals surface area contributed by atoms with Crippen molar-refractivity contribution in [3.8, 4) is 11.5 Å². The van der Waals surface area contributed by atoms with Crippen molar-refractivity contribution < 1.29 is 23.9 Å². The van der Waals surface area contributed by atoms with Gasteiger partial charge in [0.25, 0.3) is 5.91 Å². The number of carbonyl (C=O) groups is 3. The Kier molecular flexibility index (Phi) is 4.73. The average molecular weight is 380 g/mol. The lowest BCUT2D eigenvalue weighted by molar-refractivity contribution is -0.121. The Bertz CT molecular complexity index is 922. The molecule has 144 valence electrons. The predicted octanol–water partition coefficient (Wildman–Crippen LogP) is 2.60. The second kappa shape index (κ2) is 7.34. The summed E-state index contributed by atoms with van der Waals surface area (Å²) in [6.45, 7) is 2.92. The van der Waals surface area contributed by atoms with E-state index in [4.69, 9.17) is 9.47 Å². The van der Waals surface area contributed by atoms with Gasteiger partial charge in [0.05, 0.1) is 11.7 Å². The summed E-state index contributed by atoms with van der Waals surface area (Å²) in [5.41, 5.74) is 1.85.